The maximum atomic E-state index is 12.5. The highest BCUT2D eigenvalue weighted by Gasteiger charge is 2.14. The highest BCUT2D eigenvalue weighted by Crippen LogP contribution is 2.20. The lowest BCUT2D eigenvalue weighted by Crippen LogP contribution is -2.24. The minimum Gasteiger partial charge on any atom is -0.292 e. The van der Waals surface area contributed by atoms with Gasteiger partial charge in [0, 0.05) is 13.1 Å². The summed E-state index contributed by atoms with van der Waals surface area (Å²) in [6, 6.07) is 4.29. The van der Waals surface area contributed by atoms with Crippen LogP contribution >= 0.6 is 0 Å². The first-order chi connectivity index (χ1) is 8.60. The molecule has 0 aliphatic heterocycles. The van der Waals surface area contributed by atoms with E-state index in [0.29, 0.717) is 0 Å². The highest BCUT2D eigenvalue weighted by molar-refractivity contribution is 5.80. The average molecular weight is 246 g/mol. The highest BCUT2D eigenvalue weighted by atomic mass is 16.1. The Morgan fingerprint density at radius 2 is 1.61 bits per heavy atom. The van der Waals surface area contributed by atoms with E-state index in [9.17, 15) is 4.79 Å². The fourth-order valence-corrected chi connectivity index (χ4v) is 2.71. The summed E-state index contributed by atoms with van der Waals surface area (Å²) in [4.78, 5) is 12.5. The fraction of sp³-hybridized carbons (Fsp3) is 0.533. The minimum atomic E-state index is 0.141. The molecule has 1 aromatic carbocycles. The van der Waals surface area contributed by atoms with E-state index in [1.54, 1.807) is 0 Å². The van der Waals surface area contributed by atoms with Crippen molar-refractivity contribution in [3.63, 3.8) is 0 Å². The summed E-state index contributed by atoms with van der Waals surface area (Å²) >= 11 is 0. The van der Waals surface area contributed by atoms with Crippen LogP contribution in [0, 0.1) is 13.8 Å². The number of aryl methyl sites for hydroxylation is 4. The molecule has 0 spiro atoms. The van der Waals surface area contributed by atoms with Crippen LogP contribution in [0.25, 0.3) is 11.0 Å². The Balaban J connectivity index is 2.83. The second-order valence-electron chi connectivity index (χ2n) is 5.04. The first-order valence-electron chi connectivity index (χ1n) is 6.80. The predicted molar refractivity (Wildman–Crippen MR) is 76.3 cm³/mol. The summed E-state index contributed by atoms with van der Waals surface area (Å²) < 4.78 is 3.85. The lowest BCUT2D eigenvalue weighted by molar-refractivity contribution is 0.607. The predicted octanol–water partition coefficient (Wildman–Crippen LogP) is 3.24. The Morgan fingerprint density at radius 3 is 2.22 bits per heavy atom. The van der Waals surface area contributed by atoms with E-state index in [2.05, 4.69) is 39.8 Å². The molecule has 3 nitrogen and oxygen atoms in total. The van der Waals surface area contributed by atoms with Crippen molar-refractivity contribution in [2.45, 2.75) is 53.6 Å². The molecule has 0 bridgehead atoms. The zero-order valence-electron chi connectivity index (χ0n) is 11.8. The van der Waals surface area contributed by atoms with Gasteiger partial charge in [-0.2, -0.15) is 0 Å². The number of fused-ring (bicyclic) bond motifs is 1. The second-order valence-corrected chi connectivity index (χ2v) is 5.04. The average Bonchev–Trinajstić information content (AvgIpc) is 2.56. The Morgan fingerprint density at radius 1 is 1.00 bits per heavy atom. The van der Waals surface area contributed by atoms with Crippen LogP contribution in [-0.2, 0) is 13.1 Å². The quantitative estimate of drug-likeness (QED) is 0.813. The number of nitrogens with zero attached hydrogens (tertiary/aromatic N) is 2. The number of aromatic nitrogens is 2. The summed E-state index contributed by atoms with van der Waals surface area (Å²) in [5.41, 5.74) is 4.76. The molecule has 0 amide bonds. The van der Waals surface area contributed by atoms with Crippen LogP contribution in [0.15, 0.2) is 16.9 Å². The van der Waals surface area contributed by atoms with Crippen LogP contribution in [0.1, 0.15) is 37.8 Å². The van der Waals surface area contributed by atoms with E-state index in [1.165, 1.54) is 11.1 Å². The molecule has 0 N–H and O–H groups in total. The number of imidazole rings is 1. The van der Waals surface area contributed by atoms with Crippen LogP contribution in [0.4, 0.5) is 0 Å². The summed E-state index contributed by atoms with van der Waals surface area (Å²) in [6.45, 7) is 10.0. The molecule has 0 atom stereocenters. The van der Waals surface area contributed by atoms with Gasteiger partial charge in [0.25, 0.3) is 0 Å². The van der Waals surface area contributed by atoms with E-state index >= 15 is 0 Å². The normalized spacial score (nSPS) is 11.3. The second kappa shape index (κ2) is 5.01. The zero-order valence-corrected chi connectivity index (χ0v) is 11.8. The van der Waals surface area contributed by atoms with Gasteiger partial charge in [0.2, 0.25) is 0 Å². The summed E-state index contributed by atoms with van der Waals surface area (Å²) in [6.07, 6.45) is 1.97. The van der Waals surface area contributed by atoms with Gasteiger partial charge < -0.3 is 0 Å². The minimum absolute atomic E-state index is 0.141. The SMILES string of the molecule is CCCn1c(=O)n(CCC)c2c(C)cc(C)cc21. The van der Waals surface area contributed by atoms with E-state index < -0.39 is 0 Å². The van der Waals surface area contributed by atoms with Gasteiger partial charge in [-0.15, -0.1) is 0 Å². The van der Waals surface area contributed by atoms with Crippen molar-refractivity contribution in [3.05, 3.63) is 33.7 Å². The van der Waals surface area contributed by atoms with E-state index in [-0.39, 0.29) is 5.69 Å². The summed E-state index contributed by atoms with van der Waals surface area (Å²) in [7, 11) is 0. The van der Waals surface area contributed by atoms with E-state index in [0.717, 1.165) is 37.0 Å². The molecular formula is C15H22N2O. The molecule has 0 radical (unpaired) electrons. The van der Waals surface area contributed by atoms with Gasteiger partial charge in [-0.1, -0.05) is 19.9 Å². The van der Waals surface area contributed by atoms with E-state index in [4.69, 9.17) is 0 Å². The first kappa shape index (κ1) is 12.9. The molecule has 2 rings (SSSR count). The van der Waals surface area contributed by atoms with Crippen LogP contribution in [0.3, 0.4) is 0 Å². The molecule has 2 aromatic rings. The van der Waals surface area contributed by atoms with Crippen molar-refractivity contribution in [3.8, 4) is 0 Å². The maximum absolute atomic E-state index is 12.5. The molecule has 0 fully saturated rings. The van der Waals surface area contributed by atoms with Crippen molar-refractivity contribution in [1.82, 2.24) is 9.13 Å². The third-order valence-corrected chi connectivity index (χ3v) is 3.34. The van der Waals surface area contributed by atoms with E-state index in [1.807, 2.05) is 9.13 Å². The van der Waals surface area contributed by atoms with Crippen LogP contribution in [0.2, 0.25) is 0 Å². The lowest BCUT2D eigenvalue weighted by atomic mass is 10.1. The Kier molecular flexibility index (Phi) is 3.60. The molecule has 18 heavy (non-hydrogen) atoms. The third-order valence-electron chi connectivity index (χ3n) is 3.34. The van der Waals surface area contributed by atoms with Crippen LogP contribution < -0.4 is 5.69 Å². The van der Waals surface area contributed by atoms with Crippen molar-refractivity contribution < 1.29 is 0 Å². The summed E-state index contributed by atoms with van der Waals surface area (Å²) in [5.74, 6) is 0. The molecule has 0 aliphatic rings. The topological polar surface area (TPSA) is 26.9 Å². The number of benzene rings is 1. The monoisotopic (exact) mass is 246 g/mol. The molecule has 3 heteroatoms. The largest absolute Gasteiger partial charge is 0.329 e. The Labute approximate surface area is 108 Å². The van der Waals surface area contributed by atoms with Gasteiger partial charge in [0.05, 0.1) is 11.0 Å². The number of hydrogen-bond acceptors (Lipinski definition) is 1. The molecule has 98 valence electrons. The van der Waals surface area contributed by atoms with Gasteiger partial charge in [-0.25, -0.2) is 4.79 Å². The van der Waals surface area contributed by atoms with Crippen LogP contribution in [0.5, 0.6) is 0 Å². The standard InChI is InChI=1S/C15H22N2O/c1-5-7-16-13-10-11(3)9-12(4)14(13)17(8-6-2)15(16)18/h9-10H,5-8H2,1-4H3. The van der Waals surface area contributed by atoms with Gasteiger partial charge in [-0.05, 0) is 43.9 Å². The molecule has 0 saturated carbocycles. The van der Waals surface area contributed by atoms with Crippen molar-refractivity contribution in [1.29, 1.82) is 0 Å². The van der Waals surface area contributed by atoms with Gasteiger partial charge in [0.1, 0.15) is 0 Å². The third kappa shape index (κ3) is 1.98. The zero-order chi connectivity index (χ0) is 13.3. The lowest BCUT2D eigenvalue weighted by Gasteiger charge is -2.05. The van der Waals surface area contributed by atoms with Crippen molar-refractivity contribution in [2.24, 2.45) is 0 Å². The molecule has 1 aromatic heterocycles. The molecule has 0 aliphatic carbocycles. The summed E-state index contributed by atoms with van der Waals surface area (Å²) in [5, 5.41) is 0. The Hall–Kier alpha value is -1.51. The Bertz CT molecular complexity index is 619. The van der Waals surface area contributed by atoms with Crippen molar-refractivity contribution in [2.75, 3.05) is 0 Å². The van der Waals surface area contributed by atoms with Gasteiger partial charge in [-0.3, -0.25) is 9.13 Å². The van der Waals surface area contributed by atoms with Crippen LogP contribution in [-0.4, -0.2) is 9.13 Å². The first-order valence-corrected chi connectivity index (χ1v) is 6.80. The fourth-order valence-electron chi connectivity index (χ4n) is 2.71. The smallest absolute Gasteiger partial charge is 0.292 e. The number of hydrogen-bond donors (Lipinski definition) is 0. The number of rotatable bonds is 4. The van der Waals surface area contributed by atoms with Crippen molar-refractivity contribution >= 4 is 11.0 Å². The van der Waals surface area contributed by atoms with Gasteiger partial charge in [0.15, 0.2) is 0 Å². The molecule has 0 unspecified atom stereocenters. The molecular weight excluding hydrogens is 224 g/mol. The molecule has 1 heterocycles. The van der Waals surface area contributed by atoms with Gasteiger partial charge >= 0.3 is 5.69 Å². The molecule has 0 saturated heterocycles. The maximum Gasteiger partial charge on any atom is 0.329 e.